The second kappa shape index (κ2) is 8.55. The van der Waals surface area contributed by atoms with Crippen LogP contribution in [0.1, 0.15) is 19.4 Å². The van der Waals surface area contributed by atoms with E-state index >= 15 is 0 Å². The monoisotopic (exact) mass is 301 g/mol. The molecular weight excluding hydrogens is 282 g/mol. The summed E-state index contributed by atoms with van der Waals surface area (Å²) < 4.78 is 10.1. The molecule has 6 heteroatoms. The third kappa shape index (κ3) is 6.54. The lowest BCUT2D eigenvalue weighted by molar-refractivity contribution is -0.134. The van der Waals surface area contributed by atoms with Gasteiger partial charge in [0, 0.05) is 20.4 Å². The smallest absolute Gasteiger partial charge is 0.308 e. The molecule has 5 nitrogen and oxygen atoms in total. The van der Waals surface area contributed by atoms with Gasteiger partial charge in [-0.2, -0.15) is 0 Å². The van der Waals surface area contributed by atoms with Gasteiger partial charge in [-0.25, -0.2) is 0 Å². The van der Waals surface area contributed by atoms with Crippen LogP contribution in [0.15, 0.2) is 18.2 Å². The highest BCUT2D eigenvalue weighted by Crippen LogP contribution is 2.29. The molecule has 0 radical (unpaired) electrons. The van der Waals surface area contributed by atoms with Crippen LogP contribution in [0.5, 0.6) is 11.5 Å². The lowest BCUT2D eigenvalue weighted by atomic mass is 10.1. The number of carbonyl (C=O) groups excluding carboxylic acids is 2. The number of hydrogen-bond donors (Lipinski definition) is 0. The molecule has 0 N–H and O–H groups in total. The van der Waals surface area contributed by atoms with Crippen molar-refractivity contribution >= 4 is 24.3 Å². The Bertz CT molecular complexity index is 474. The molecule has 112 valence electrons. The second-order valence-electron chi connectivity index (χ2n) is 4.52. The number of hydrogen-bond acceptors (Lipinski definition) is 5. The van der Waals surface area contributed by atoms with Gasteiger partial charge in [0.1, 0.15) is 0 Å². The molecule has 0 unspecified atom stereocenters. The van der Waals surface area contributed by atoms with E-state index in [1.807, 2.05) is 20.2 Å². The Kier molecular flexibility index (Phi) is 7.87. The Morgan fingerprint density at radius 1 is 1.05 bits per heavy atom. The minimum absolute atomic E-state index is 0. The fraction of sp³-hybridized carbons (Fsp3) is 0.429. The molecule has 1 aromatic carbocycles. The molecule has 0 spiro atoms. The molecule has 1 aromatic rings. The van der Waals surface area contributed by atoms with E-state index < -0.39 is 11.9 Å². The largest absolute Gasteiger partial charge is 0.423 e. The molecule has 0 aliphatic heterocycles. The number of ether oxygens (including phenoxy) is 2. The Balaban J connectivity index is 0.00000361. The van der Waals surface area contributed by atoms with Crippen molar-refractivity contribution in [3.8, 4) is 11.5 Å². The number of esters is 2. The van der Waals surface area contributed by atoms with Crippen molar-refractivity contribution in [3.63, 3.8) is 0 Å². The summed E-state index contributed by atoms with van der Waals surface area (Å²) in [5.41, 5.74) is 1.01. The van der Waals surface area contributed by atoms with E-state index in [0.717, 1.165) is 18.5 Å². The average Bonchev–Trinajstić information content (AvgIpc) is 2.28. The van der Waals surface area contributed by atoms with Crippen molar-refractivity contribution in [3.05, 3.63) is 23.8 Å². The average molecular weight is 302 g/mol. The van der Waals surface area contributed by atoms with Gasteiger partial charge in [0.05, 0.1) is 0 Å². The van der Waals surface area contributed by atoms with Crippen molar-refractivity contribution in [1.82, 2.24) is 4.90 Å². The standard InChI is InChI=1S/C14H19NO4.ClH/c1-10(16)18-13-6-5-12(7-8-15(3)4)9-14(13)19-11(2)17;/h5-6,9H,7-8H2,1-4H3;1H. The highest BCUT2D eigenvalue weighted by molar-refractivity contribution is 5.85. The molecule has 0 fully saturated rings. The Labute approximate surface area is 125 Å². The minimum Gasteiger partial charge on any atom is -0.423 e. The normalized spacial score (nSPS) is 9.85. The molecule has 20 heavy (non-hydrogen) atoms. The van der Waals surface area contributed by atoms with Gasteiger partial charge in [0.25, 0.3) is 0 Å². The van der Waals surface area contributed by atoms with E-state index in [1.54, 1.807) is 12.1 Å². The number of nitrogens with zero attached hydrogens (tertiary/aromatic N) is 1. The molecule has 1 rings (SSSR count). The summed E-state index contributed by atoms with van der Waals surface area (Å²) in [6.07, 6.45) is 0.821. The minimum atomic E-state index is -0.450. The molecule has 0 bridgehead atoms. The van der Waals surface area contributed by atoms with Gasteiger partial charge in [0.15, 0.2) is 11.5 Å². The quantitative estimate of drug-likeness (QED) is 0.615. The highest BCUT2D eigenvalue weighted by atomic mass is 35.5. The second-order valence-corrected chi connectivity index (χ2v) is 4.52. The summed E-state index contributed by atoms with van der Waals surface area (Å²) in [6.45, 7) is 3.49. The van der Waals surface area contributed by atoms with Gasteiger partial charge in [0.2, 0.25) is 0 Å². The van der Waals surface area contributed by atoms with Crippen LogP contribution in [0.2, 0.25) is 0 Å². The first kappa shape index (κ1) is 18.4. The molecule has 0 saturated heterocycles. The zero-order valence-electron chi connectivity index (χ0n) is 12.1. The molecule has 0 heterocycles. The topological polar surface area (TPSA) is 55.8 Å². The summed E-state index contributed by atoms with van der Waals surface area (Å²) in [5, 5.41) is 0. The zero-order chi connectivity index (χ0) is 14.4. The zero-order valence-corrected chi connectivity index (χ0v) is 13.0. The third-order valence-corrected chi connectivity index (χ3v) is 2.36. The highest BCUT2D eigenvalue weighted by Gasteiger charge is 2.11. The van der Waals surface area contributed by atoms with Crippen LogP contribution in [-0.2, 0) is 16.0 Å². The fourth-order valence-corrected chi connectivity index (χ4v) is 1.53. The van der Waals surface area contributed by atoms with Gasteiger partial charge in [-0.3, -0.25) is 9.59 Å². The number of benzene rings is 1. The van der Waals surface area contributed by atoms with E-state index in [-0.39, 0.29) is 23.9 Å². The van der Waals surface area contributed by atoms with Crippen LogP contribution in [0.25, 0.3) is 0 Å². The van der Waals surface area contributed by atoms with Crippen molar-refractivity contribution in [1.29, 1.82) is 0 Å². The van der Waals surface area contributed by atoms with Gasteiger partial charge in [-0.05, 0) is 38.2 Å². The first-order valence-electron chi connectivity index (χ1n) is 6.03. The Morgan fingerprint density at radius 2 is 1.60 bits per heavy atom. The van der Waals surface area contributed by atoms with Crippen LogP contribution in [0.4, 0.5) is 0 Å². The number of likely N-dealkylation sites (N-methyl/N-ethyl adjacent to an activating group) is 1. The molecule has 0 amide bonds. The summed E-state index contributed by atoms with van der Waals surface area (Å²) in [4.78, 5) is 24.1. The van der Waals surface area contributed by atoms with Crippen LogP contribution >= 0.6 is 12.4 Å². The maximum absolute atomic E-state index is 11.1. The number of halogens is 1. The van der Waals surface area contributed by atoms with E-state index in [0.29, 0.717) is 0 Å². The first-order valence-corrected chi connectivity index (χ1v) is 6.03. The van der Waals surface area contributed by atoms with Gasteiger partial charge in [-0.1, -0.05) is 6.07 Å². The van der Waals surface area contributed by atoms with Crippen molar-refractivity contribution in [2.45, 2.75) is 20.3 Å². The molecule has 0 aliphatic carbocycles. The maximum Gasteiger partial charge on any atom is 0.308 e. The van der Waals surface area contributed by atoms with Crippen molar-refractivity contribution in [2.24, 2.45) is 0 Å². The van der Waals surface area contributed by atoms with Gasteiger partial charge >= 0.3 is 11.9 Å². The molecule has 0 atom stereocenters. The summed E-state index contributed by atoms with van der Waals surface area (Å²) >= 11 is 0. The summed E-state index contributed by atoms with van der Waals surface area (Å²) in [5.74, 6) is -0.358. The van der Waals surface area contributed by atoms with Gasteiger partial charge in [-0.15, -0.1) is 12.4 Å². The summed E-state index contributed by atoms with van der Waals surface area (Å²) in [6, 6.07) is 5.22. The SMILES string of the molecule is CC(=O)Oc1ccc(CCN(C)C)cc1OC(C)=O.Cl. The Morgan fingerprint density at radius 3 is 2.10 bits per heavy atom. The van der Waals surface area contributed by atoms with Gasteiger partial charge < -0.3 is 14.4 Å². The predicted molar refractivity (Wildman–Crippen MR) is 78.6 cm³/mol. The maximum atomic E-state index is 11.1. The van der Waals surface area contributed by atoms with Crippen LogP contribution in [-0.4, -0.2) is 37.5 Å². The molecule has 0 aromatic heterocycles. The molecule has 0 aliphatic rings. The fourth-order valence-electron chi connectivity index (χ4n) is 1.53. The Hall–Kier alpha value is -1.59. The van der Waals surface area contributed by atoms with Crippen LogP contribution < -0.4 is 9.47 Å². The predicted octanol–water partition coefficient (Wildman–Crippen LogP) is 2.06. The lowest BCUT2D eigenvalue weighted by Crippen LogP contribution is -2.15. The van der Waals surface area contributed by atoms with Crippen LogP contribution in [0, 0.1) is 0 Å². The van der Waals surface area contributed by atoms with Crippen molar-refractivity contribution < 1.29 is 19.1 Å². The van der Waals surface area contributed by atoms with Crippen LogP contribution in [0.3, 0.4) is 0 Å². The van der Waals surface area contributed by atoms with E-state index in [2.05, 4.69) is 4.90 Å². The van der Waals surface area contributed by atoms with E-state index in [4.69, 9.17) is 9.47 Å². The molecule has 0 saturated carbocycles. The summed E-state index contributed by atoms with van der Waals surface area (Å²) in [7, 11) is 3.97. The number of rotatable bonds is 5. The van der Waals surface area contributed by atoms with Crippen molar-refractivity contribution in [2.75, 3.05) is 20.6 Å². The molecular formula is C14H20ClNO4. The van der Waals surface area contributed by atoms with E-state index in [9.17, 15) is 9.59 Å². The van der Waals surface area contributed by atoms with E-state index in [1.165, 1.54) is 13.8 Å². The third-order valence-electron chi connectivity index (χ3n) is 2.36. The lowest BCUT2D eigenvalue weighted by Gasteiger charge is -2.12. The first-order chi connectivity index (χ1) is 8.88. The number of carbonyl (C=O) groups is 2.